The summed E-state index contributed by atoms with van der Waals surface area (Å²) in [5, 5.41) is 12.9. The first-order chi connectivity index (χ1) is 20.8. The van der Waals surface area contributed by atoms with E-state index in [-0.39, 0.29) is 25.2 Å². The van der Waals surface area contributed by atoms with Crippen molar-refractivity contribution in [3.8, 4) is 0 Å². The number of rotatable bonds is 15. The van der Waals surface area contributed by atoms with Crippen LogP contribution in [-0.4, -0.2) is 38.2 Å². The van der Waals surface area contributed by atoms with E-state index >= 15 is 0 Å². The molecule has 0 aliphatic heterocycles. The molecule has 0 heterocycles. The van der Waals surface area contributed by atoms with Crippen molar-refractivity contribution in [1.29, 1.82) is 5.41 Å². The molecule has 2 amide bonds. The number of amides is 2. The van der Waals surface area contributed by atoms with Gasteiger partial charge in [0.15, 0.2) is 0 Å². The maximum atomic E-state index is 13.5. The number of halogens is 3. The van der Waals surface area contributed by atoms with Crippen LogP contribution in [0, 0.1) is 5.41 Å². The number of hydrogen-bond donors (Lipinski definition) is 5. The summed E-state index contributed by atoms with van der Waals surface area (Å²) < 4.78 is 67.7. The van der Waals surface area contributed by atoms with Gasteiger partial charge >= 0.3 is 6.18 Å². The van der Waals surface area contributed by atoms with Crippen molar-refractivity contribution < 1.29 is 31.2 Å². The third-order valence-electron chi connectivity index (χ3n) is 6.77. The number of sulfonamides is 1. The summed E-state index contributed by atoms with van der Waals surface area (Å²) in [6.45, 7) is 2.05. The summed E-state index contributed by atoms with van der Waals surface area (Å²) in [6, 6.07) is 16.7. The summed E-state index contributed by atoms with van der Waals surface area (Å²) in [4.78, 5) is 26.7. The lowest BCUT2D eigenvalue weighted by atomic mass is 10.0. The molecule has 0 saturated carbocycles. The third-order valence-corrected chi connectivity index (χ3v) is 8.13. The molecular weight excluding hydrogens is 595 g/mol. The minimum absolute atomic E-state index is 0.0897. The molecule has 0 aromatic heterocycles. The SMILES string of the molecule is CCCCC(NC(=O)C(Cc1ccc(C(F)(F)F)cc1)NS(=O)(=O)Cc1ccccc1)C(=O)NCc1ccc(C(=N)N)cc1. The van der Waals surface area contributed by atoms with Gasteiger partial charge in [-0.1, -0.05) is 86.5 Å². The van der Waals surface area contributed by atoms with Crippen molar-refractivity contribution in [1.82, 2.24) is 15.4 Å². The molecule has 0 spiro atoms. The van der Waals surface area contributed by atoms with Crippen molar-refractivity contribution in [3.63, 3.8) is 0 Å². The normalized spacial score (nSPS) is 13.1. The van der Waals surface area contributed by atoms with Gasteiger partial charge < -0.3 is 16.4 Å². The fourth-order valence-electron chi connectivity index (χ4n) is 4.37. The molecular formula is C31H36F3N5O4S. The molecule has 44 heavy (non-hydrogen) atoms. The number of alkyl halides is 3. The van der Waals surface area contributed by atoms with Gasteiger partial charge in [-0.3, -0.25) is 15.0 Å². The molecule has 0 bridgehead atoms. The van der Waals surface area contributed by atoms with Crippen molar-refractivity contribution >= 4 is 27.7 Å². The molecule has 0 saturated heterocycles. The van der Waals surface area contributed by atoms with E-state index < -0.39 is 51.4 Å². The second-order valence-electron chi connectivity index (χ2n) is 10.3. The average molecular weight is 632 g/mol. The lowest BCUT2D eigenvalue weighted by Crippen LogP contribution is -2.54. The van der Waals surface area contributed by atoms with Crippen LogP contribution in [0.15, 0.2) is 78.9 Å². The quantitative estimate of drug-likeness (QED) is 0.127. The number of unbranched alkanes of at least 4 members (excludes halogenated alkanes) is 1. The lowest BCUT2D eigenvalue weighted by Gasteiger charge is -2.23. The van der Waals surface area contributed by atoms with Gasteiger partial charge in [0, 0.05) is 12.1 Å². The molecule has 3 aromatic rings. The summed E-state index contributed by atoms with van der Waals surface area (Å²) in [6.07, 6.45) is -3.20. The fourth-order valence-corrected chi connectivity index (χ4v) is 5.71. The second-order valence-corrected chi connectivity index (χ2v) is 12.1. The molecule has 2 atom stereocenters. The Bertz CT molecular complexity index is 1510. The smallest absolute Gasteiger partial charge is 0.384 e. The second kappa shape index (κ2) is 15.5. The van der Waals surface area contributed by atoms with Crippen LogP contribution in [0.25, 0.3) is 0 Å². The van der Waals surface area contributed by atoms with E-state index in [0.717, 1.165) is 24.1 Å². The molecule has 9 nitrogen and oxygen atoms in total. The van der Waals surface area contributed by atoms with E-state index in [0.29, 0.717) is 23.1 Å². The molecule has 0 aliphatic rings. The highest BCUT2D eigenvalue weighted by Gasteiger charge is 2.31. The molecule has 6 N–H and O–H groups in total. The maximum absolute atomic E-state index is 13.5. The lowest BCUT2D eigenvalue weighted by molar-refractivity contribution is -0.137. The number of carbonyl (C=O) groups is 2. The zero-order chi connectivity index (χ0) is 32.3. The molecule has 2 unspecified atom stereocenters. The maximum Gasteiger partial charge on any atom is 0.416 e. The Morgan fingerprint density at radius 2 is 1.48 bits per heavy atom. The molecule has 0 radical (unpaired) electrons. The van der Waals surface area contributed by atoms with E-state index in [1.807, 2.05) is 6.92 Å². The summed E-state index contributed by atoms with van der Waals surface area (Å²) in [7, 11) is -4.07. The van der Waals surface area contributed by atoms with Crippen LogP contribution >= 0.6 is 0 Å². The molecule has 0 aliphatic carbocycles. The van der Waals surface area contributed by atoms with Gasteiger partial charge in [-0.15, -0.1) is 0 Å². The largest absolute Gasteiger partial charge is 0.416 e. The standard InChI is InChI=1S/C31H36F3N5O4S/c1-2-3-9-26(29(40)37-19-22-10-14-24(15-11-22)28(35)36)38-30(41)27(18-21-12-16-25(17-13-21)31(32,33)34)39-44(42,43)20-23-7-5-4-6-8-23/h4-8,10-17,26-27,39H,2-3,9,18-20H2,1H3,(H3,35,36)(H,37,40)(H,38,41). The predicted molar refractivity (Wildman–Crippen MR) is 162 cm³/mol. The molecule has 3 aromatic carbocycles. The monoisotopic (exact) mass is 631 g/mol. The topological polar surface area (TPSA) is 154 Å². The van der Waals surface area contributed by atoms with Crippen LogP contribution in [0.5, 0.6) is 0 Å². The van der Waals surface area contributed by atoms with Crippen LogP contribution in [0.4, 0.5) is 13.2 Å². The minimum atomic E-state index is -4.55. The zero-order valence-corrected chi connectivity index (χ0v) is 25.0. The number of nitrogens with one attached hydrogen (secondary N) is 4. The van der Waals surface area contributed by atoms with Gasteiger partial charge in [0.1, 0.15) is 17.9 Å². The Hall–Kier alpha value is -4.23. The van der Waals surface area contributed by atoms with E-state index in [4.69, 9.17) is 11.1 Å². The number of amidine groups is 1. The van der Waals surface area contributed by atoms with Gasteiger partial charge in [-0.05, 0) is 41.7 Å². The van der Waals surface area contributed by atoms with Crippen LogP contribution in [0.3, 0.4) is 0 Å². The van der Waals surface area contributed by atoms with E-state index in [1.54, 1.807) is 54.6 Å². The highest BCUT2D eigenvalue weighted by atomic mass is 32.2. The summed E-state index contributed by atoms with van der Waals surface area (Å²) in [5.41, 5.74) is 6.64. The third kappa shape index (κ3) is 10.8. The summed E-state index contributed by atoms with van der Waals surface area (Å²) in [5.74, 6) is -1.79. The van der Waals surface area contributed by atoms with Crippen LogP contribution in [-0.2, 0) is 44.5 Å². The predicted octanol–water partition coefficient (Wildman–Crippen LogP) is 4.01. The van der Waals surface area contributed by atoms with Gasteiger partial charge in [-0.2, -0.15) is 13.2 Å². The van der Waals surface area contributed by atoms with E-state index in [2.05, 4.69) is 15.4 Å². The Balaban J connectivity index is 1.79. The van der Waals surface area contributed by atoms with Gasteiger partial charge in [0.25, 0.3) is 0 Å². The first-order valence-corrected chi connectivity index (χ1v) is 15.6. The number of nitrogens with two attached hydrogens (primary N) is 1. The minimum Gasteiger partial charge on any atom is -0.384 e. The Kier molecular flexibility index (Phi) is 12.1. The average Bonchev–Trinajstić information content (AvgIpc) is 2.97. The van der Waals surface area contributed by atoms with Crippen LogP contribution in [0.1, 0.15) is 54.0 Å². The Labute approximate surface area is 255 Å². The van der Waals surface area contributed by atoms with Crippen molar-refractivity contribution in [3.05, 3.63) is 107 Å². The Morgan fingerprint density at radius 3 is 2.05 bits per heavy atom. The van der Waals surface area contributed by atoms with E-state index in [1.165, 1.54) is 12.1 Å². The molecule has 0 fully saturated rings. The molecule has 13 heteroatoms. The Morgan fingerprint density at radius 1 is 0.864 bits per heavy atom. The van der Waals surface area contributed by atoms with Gasteiger partial charge in [-0.25, -0.2) is 13.1 Å². The summed E-state index contributed by atoms with van der Waals surface area (Å²) >= 11 is 0. The zero-order valence-electron chi connectivity index (χ0n) is 24.2. The first-order valence-electron chi connectivity index (χ1n) is 14.0. The molecule has 3 rings (SSSR count). The highest BCUT2D eigenvalue weighted by molar-refractivity contribution is 7.88. The van der Waals surface area contributed by atoms with Crippen molar-refractivity contribution in [2.24, 2.45) is 5.73 Å². The number of nitrogen functional groups attached to an aromatic ring is 1. The highest BCUT2D eigenvalue weighted by Crippen LogP contribution is 2.29. The number of benzene rings is 3. The molecule has 236 valence electrons. The first kappa shape index (κ1) is 34.3. The van der Waals surface area contributed by atoms with E-state index in [9.17, 15) is 31.2 Å². The van der Waals surface area contributed by atoms with Gasteiger partial charge in [0.2, 0.25) is 21.8 Å². The van der Waals surface area contributed by atoms with Crippen LogP contribution < -0.4 is 21.1 Å². The fraction of sp³-hybridized carbons (Fsp3) is 0.323. The number of hydrogen-bond acceptors (Lipinski definition) is 5. The van der Waals surface area contributed by atoms with Gasteiger partial charge in [0.05, 0.1) is 11.3 Å². The van der Waals surface area contributed by atoms with Crippen molar-refractivity contribution in [2.45, 2.75) is 63.2 Å². The van der Waals surface area contributed by atoms with Crippen molar-refractivity contribution in [2.75, 3.05) is 0 Å². The van der Waals surface area contributed by atoms with Crippen LogP contribution in [0.2, 0.25) is 0 Å². The number of carbonyl (C=O) groups excluding carboxylic acids is 2.